The summed E-state index contributed by atoms with van der Waals surface area (Å²) in [5.74, 6) is 0.0223. The van der Waals surface area contributed by atoms with E-state index in [-0.39, 0.29) is 11.9 Å². The van der Waals surface area contributed by atoms with Crippen molar-refractivity contribution in [3.8, 4) is 5.75 Å². The molecule has 1 N–H and O–H groups in total. The highest BCUT2D eigenvalue weighted by molar-refractivity contribution is 5.90. The lowest BCUT2D eigenvalue weighted by atomic mass is 10.1. The van der Waals surface area contributed by atoms with Crippen LogP contribution in [0.5, 0.6) is 5.75 Å². The SMILES string of the molecule is CC(=O)Nc1c(C)cc(OC(C)=O)cc1C. The topological polar surface area (TPSA) is 55.4 Å². The van der Waals surface area contributed by atoms with Crippen molar-refractivity contribution >= 4 is 17.6 Å². The van der Waals surface area contributed by atoms with Crippen LogP contribution in [-0.4, -0.2) is 11.9 Å². The first kappa shape index (κ1) is 12.2. The smallest absolute Gasteiger partial charge is 0.308 e. The van der Waals surface area contributed by atoms with E-state index < -0.39 is 0 Å². The number of rotatable bonds is 2. The summed E-state index contributed by atoms with van der Waals surface area (Å²) in [4.78, 5) is 21.8. The Morgan fingerprint density at radius 2 is 1.62 bits per heavy atom. The predicted octanol–water partition coefficient (Wildman–Crippen LogP) is 2.19. The van der Waals surface area contributed by atoms with Gasteiger partial charge in [0.1, 0.15) is 5.75 Å². The van der Waals surface area contributed by atoms with Gasteiger partial charge in [0.2, 0.25) is 5.91 Å². The number of nitrogens with one attached hydrogen (secondary N) is 1. The highest BCUT2D eigenvalue weighted by Gasteiger charge is 2.08. The molecule has 16 heavy (non-hydrogen) atoms. The minimum Gasteiger partial charge on any atom is -0.427 e. The molecule has 0 atom stereocenters. The molecule has 1 rings (SSSR count). The molecule has 1 aromatic rings. The molecule has 0 heterocycles. The summed E-state index contributed by atoms with van der Waals surface area (Å²) >= 11 is 0. The van der Waals surface area contributed by atoms with Crippen LogP contribution in [0, 0.1) is 13.8 Å². The van der Waals surface area contributed by atoms with Gasteiger partial charge in [-0.05, 0) is 37.1 Å². The number of anilines is 1. The monoisotopic (exact) mass is 221 g/mol. The summed E-state index contributed by atoms with van der Waals surface area (Å²) < 4.78 is 4.98. The molecule has 0 unspecified atom stereocenters. The Bertz CT molecular complexity index is 415. The fraction of sp³-hybridized carbons (Fsp3) is 0.333. The Labute approximate surface area is 94.6 Å². The van der Waals surface area contributed by atoms with Crippen molar-refractivity contribution < 1.29 is 14.3 Å². The minimum atomic E-state index is -0.355. The van der Waals surface area contributed by atoms with E-state index in [4.69, 9.17) is 4.74 Å². The number of ether oxygens (including phenoxy) is 1. The van der Waals surface area contributed by atoms with E-state index in [2.05, 4.69) is 5.32 Å². The van der Waals surface area contributed by atoms with Crippen LogP contribution in [0.15, 0.2) is 12.1 Å². The molecular formula is C12H15NO3. The van der Waals surface area contributed by atoms with Crippen molar-refractivity contribution in [2.24, 2.45) is 0 Å². The zero-order valence-corrected chi connectivity index (χ0v) is 9.88. The molecule has 86 valence electrons. The minimum absolute atomic E-state index is 0.119. The first-order chi connectivity index (χ1) is 7.40. The molecule has 1 amide bonds. The first-order valence-corrected chi connectivity index (χ1v) is 4.97. The van der Waals surface area contributed by atoms with Crippen LogP contribution in [0.2, 0.25) is 0 Å². The van der Waals surface area contributed by atoms with Gasteiger partial charge in [-0.1, -0.05) is 0 Å². The van der Waals surface area contributed by atoms with Gasteiger partial charge in [-0.2, -0.15) is 0 Å². The van der Waals surface area contributed by atoms with Crippen molar-refractivity contribution in [3.63, 3.8) is 0 Å². The van der Waals surface area contributed by atoms with Crippen LogP contribution in [0.25, 0.3) is 0 Å². The second kappa shape index (κ2) is 4.79. The number of hydrogen-bond acceptors (Lipinski definition) is 3. The van der Waals surface area contributed by atoms with Gasteiger partial charge in [-0.25, -0.2) is 0 Å². The fourth-order valence-corrected chi connectivity index (χ4v) is 1.52. The Morgan fingerprint density at radius 3 is 2.00 bits per heavy atom. The number of carbonyl (C=O) groups excluding carboxylic acids is 2. The molecule has 1 aromatic carbocycles. The molecule has 0 fully saturated rings. The molecule has 0 aliphatic carbocycles. The first-order valence-electron chi connectivity index (χ1n) is 4.97. The average molecular weight is 221 g/mol. The van der Waals surface area contributed by atoms with Gasteiger partial charge >= 0.3 is 5.97 Å². The van der Waals surface area contributed by atoms with Crippen molar-refractivity contribution in [2.45, 2.75) is 27.7 Å². The molecule has 0 saturated heterocycles. The van der Waals surface area contributed by atoms with E-state index in [0.717, 1.165) is 16.8 Å². The number of esters is 1. The second-order valence-corrected chi connectivity index (χ2v) is 3.71. The number of amides is 1. The van der Waals surface area contributed by atoms with Crippen LogP contribution >= 0.6 is 0 Å². The Kier molecular flexibility index (Phi) is 3.66. The molecule has 0 saturated carbocycles. The van der Waals surface area contributed by atoms with Crippen molar-refractivity contribution in [1.82, 2.24) is 0 Å². The molecule has 4 heteroatoms. The second-order valence-electron chi connectivity index (χ2n) is 3.71. The quantitative estimate of drug-likeness (QED) is 0.615. The molecule has 4 nitrogen and oxygen atoms in total. The predicted molar refractivity (Wildman–Crippen MR) is 61.5 cm³/mol. The molecule has 0 spiro atoms. The zero-order chi connectivity index (χ0) is 12.3. The highest BCUT2D eigenvalue weighted by atomic mass is 16.5. The van der Waals surface area contributed by atoms with Crippen molar-refractivity contribution in [1.29, 1.82) is 0 Å². The van der Waals surface area contributed by atoms with E-state index in [1.807, 2.05) is 13.8 Å². The maximum atomic E-state index is 11.0. The Morgan fingerprint density at radius 1 is 1.12 bits per heavy atom. The van der Waals surface area contributed by atoms with Crippen LogP contribution < -0.4 is 10.1 Å². The third kappa shape index (κ3) is 3.08. The standard InChI is InChI=1S/C12H15NO3/c1-7-5-11(16-10(4)15)6-8(2)12(7)13-9(3)14/h5-6H,1-4H3,(H,13,14). The van der Waals surface area contributed by atoms with Crippen LogP contribution in [0.4, 0.5) is 5.69 Å². The van der Waals surface area contributed by atoms with Gasteiger partial charge in [0.25, 0.3) is 0 Å². The lowest BCUT2D eigenvalue weighted by molar-refractivity contribution is -0.131. The van der Waals surface area contributed by atoms with Gasteiger partial charge in [-0.3, -0.25) is 9.59 Å². The summed E-state index contributed by atoms with van der Waals surface area (Å²) in [7, 11) is 0. The zero-order valence-electron chi connectivity index (χ0n) is 9.88. The van der Waals surface area contributed by atoms with Crippen molar-refractivity contribution in [3.05, 3.63) is 23.3 Å². The molecule has 0 aromatic heterocycles. The van der Waals surface area contributed by atoms with Gasteiger partial charge in [0, 0.05) is 19.5 Å². The summed E-state index contributed by atoms with van der Waals surface area (Å²) in [5.41, 5.74) is 2.50. The average Bonchev–Trinajstić information content (AvgIpc) is 2.10. The molecule has 0 radical (unpaired) electrons. The van der Waals surface area contributed by atoms with Gasteiger partial charge in [0.05, 0.1) is 0 Å². The Balaban J connectivity index is 3.06. The number of carbonyl (C=O) groups is 2. The van der Waals surface area contributed by atoms with Crippen LogP contribution in [0.1, 0.15) is 25.0 Å². The maximum absolute atomic E-state index is 11.0. The summed E-state index contributed by atoms with van der Waals surface area (Å²) in [6.45, 7) is 6.52. The summed E-state index contributed by atoms with van der Waals surface area (Å²) in [6.07, 6.45) is 0. The van der Waals surface area contributed by atoms with Crippen molar-refractivity contribution in [2.75, 3.05) is 5.32 Å². The lowest BCUT2D eigenvalue weighted by Crippen LogP contribution is -2.09. The third-order valence-corrected chi connectivity index (χ3v) is 2.07. The van der Waals surface area contributed by atoms with E-state index in [0.29, 0.717) is 5.75 Å². The van der Waals surface area contributed by atoms with Gasteiger partial charge in [0.15, 0.2) is 0 Å². The van der Waals surface area contributed by atoms with E-state index in [1.54, 1.807) is 12.1 Å². The number of aryl methyl sites for hydroxylation is 2. The molecule has 0 aliphatic rings. The maximum Gasteiger partial charge on any atom is 0.308 e. The largest absolute Gasteiger partial charge is 0.427 e. The summed E-state index contributed by atoms with van der Waals surface area (Å²) in [6, 6.07) is 3.44. The summed E-state index contributed by atoms with van der Waals surface area (Å²) in [5, 5.41) is 2.74. The number of benzene rings is 1. The normalized spacial score (nSPS) is 9.75. The third-order valence-electron chi connectivity index (χ3n) is 2.07. The van der Waals surface area contributed by atoms with Gasteiger partial charge in [-0.15, -0.1) is 0 Å². The lowest BCUT2D eigenvalue weighted by Gasteiger charge is -2.12. The highest BCUT2D eigenvalue weighted by Crippen LogP contribution is 2.26. The Hall–Kier alpha value is -1.84. The van der Waals surface area contributed by atoms with Crippen LogP contribution in [-0.2, 0) is 9.59 Å². The van der Waals surface area contributed by atoms with Crippen LogP contribution in [0.3, 0.4) is 0 Å². The number of hydrogen-bond donors (Lipinski definition) is 1. The molecule has 0 bridgehead atoms. The molecule has 0 aliphatic heterocycles. The van der Waals surface area contributed by atoms with Gasteiger partial charge < -0.3 is 10.1 Å². The van der Waals surface area contributed by atoms with E-state index in [9.17, 15) is 9.59 Å². The molecular weight excluding hydrogens is 206 g/mol. The van der Waals surface area contributed by atoms with E-state index >= 15 is 0 Å². The fourth-order valence-electron chi connectivity index (χ4n) is 1.52. The van der Waals surface area contributed by atoms with E-state index in [1.165, 1.54) is 13.8 Å².